The lowest BCUT2D eigenvalue weighted by Gasteiger charge is -2.17. The number of benzene rings is 1. The van der Waals surface area contributed by atoms with Crippen molar-refractivity contribution in [2.24, 2.45) is 0 Å². The number of pyridine rings is 1. The number of hydrogen-bond donors (Lipinski definition) is 2. The summed E-state index contributed by atoms with van der Waals surface area (Å²) in [5, 5.41) is 25.2. The molecule has 4 heterocycles. The van der Waals surface area contributed by atoms with E-state index in [1.54, 1.807) is 49.2 Å². The summed E-state index contributed by atoms with van der Waals surface area (Å²) in [5.74, 6) is -0.262. The van der Waals surface area contributed by atoms with E-state index in [0.717, 1.165) is 32.6 Å². The van der Waals surface area contributed by atoms with Crippen molar-refractivity contribution in [2.75, 3.05) is 5.32 Å². The van der Waals surface area contributed by atoms with Crippen LogP contribution in [0.2, 0.25) is 0 Å². The first-order valence-electron chi connectivity index (χ1n) is 10.8. The summed E-state index contributed by atoms with van der Waals surface area (Å²) in [6, 6.07) is 9.78. The quantitative estimate of drug-likeness (QED) is 0.306. The van der Waals surface area contributed by atoms with Crippen LogP contribution in [0.1, 0.15) is 30.8 Å². The lowest BCUT2D eigenvalue weighted by Crippen LogP contribution is -2.21. The van der Waals surface area contributed by atoms with Crippen molar-refractivity contribution in [1.29, 1.82) is 0 Å². The SMILES string of the molecule is CC(C)(O)CCn1ncc2cc(NC(=O)c3csc(-c4ccncc4)n3)c(-c3ccsc3)cc21. The average molecular weight is 490 g/mol. The molecule has 0 spiro atoms. The molecule has 0 aliphatic rings. The molecule has 5 rings (SSSR count). The van der Waals surface area contributed by atoms with Gasteiger partial charge in [0.05, 0.1) is 17.3 Å². The summed E-state index contributed by atoms with van der Waals surface area (Å²) >= 11 is 3.03. The number of nitrogens with zero attached hydrogens (tertiary/aromatic N) is 4. The molecule has 2 N–H and O–H groups in total. The van der Waals surface area contributed by atoms with Crippen LogP contribution >= 0.6 is 22.7 Å². The molecule has 9 heteroatoms. The van der Waals surface area contributed by atoms with Gasteiger partial charge in [0.2, 0.25) is 0 Å². The maximum atomic E-state index is 13.1. The number of aliphatic hydroxyl groups is 1. The third-order valence-corrected chi connectivity index (χ3v) is 7.04. The minimum atomic E-state index is -0.773. The van der Waals surface area contributed by atoms with Crippen LogP contribution in [0, 0.1) is 0 Å². The molecule has 7 nitrogen and oxygen atoms in total. The van der Waals surface area contributed by atoms with Crippen molar-refractivity contribution in [3.05, 3.63) is 70.8 Å². The van der Waals surface area contributed by atoms with E-state index in [1.165, 1.54) is 11.3 Å². The van der Waals surface area contributed by atoms with Crippen molar-refractivity contribution >= 4 is 45.2 Å². The van der Waals surface area contributed by atoms with E-state index < -0.39 is 5.60 Å². The van der Waals surface area contributed by atoms with Crippen molar-refractivity contribution in [3.63, 3.8) is 0 Å². The van der Waals surface area contributed by atoms with Crippen LogP contribution in [0.5, 0.6) is 0 Å². The van der Waals surface area contributed by atoms with E-state index in [4.69, 9.17) is 0 Å². The van der Waals surface area contributed by atoms with Crippen LogP contribution in [0.25, 0.3) is 32.6 Å². The number of hydrogen-bond acceptors (Lipinski definition) is 7. The number of nitrogens with one attached hydrogen (secondary N) is 1. The van der Waals surface area contributed by atoms with Crippen molar-refractivity contribution in [3.8, 4) is 21.7 Å². The number of carbonyl (C=O) groups is 1. The molecular weight excluding hydrogens is 466 g/mol. The molecule has 4 aromatic heterocycles. The first-order valence-corrected chi connectivity index (χ1v) is 12.6. The Morgan fingerprint density at radius 1 is 1.15 bits per heavy atom. The fourth-order valence-electron chi connectivity index (χ4n) is 3.64. The average Bonchev–Trinajstić information content (AvgIpc) is 3.58. The van der Waals surface area contributed by atoms with E-state index >= 15 is 0 Å². The number of carbonyl (C=O) groups excluding carboxylic acids is 1. The first kappa shape index (κ1) is 22.4. The molecule has 1 amide bonds. The Labute approximate surface area is 204 Å². The predicted octanol–water partition coefficient (Wildman–Crippen LogP) is 5.70. The van der Waals surface area contributed by atoms with Crippen molar-refractivity contribution in [1.82, 2.24) is 19.7 Å². The molecule has 0 bridgehead atoms. The van der Waals surface area contributed by atoms with E-state index in [1.807, 2.05) is 40.4 Å². The Morgan fingerprint density at radius 3 is 2.71 bits per heavy atom. The summed E-state index contributed by atoms with van der Waals surface area (Å²) in [7, 11) is 0. The maximum Gasteiger partial charge on any atom is 0.275 e. The molecule has 0 unspecified atom stereocenters. The van der Waals surface area contributed by atoms with Gasteiger partial charge in [-0.25, -0.2) is 4.98 Å². The van der Waals surface area contributed by atoms with Gasteiger partial charge in [0.25, 0.3) is 5.91 Å². The van der Waals surface area contributed by atoms with Gasteiger partial charge in [-0.05, 0) is 66.9 Å². The standard InChI is InChI=1S/C25H23N5O2S2/c1-25(2,32)6-9-30-22-12-19(17-5-10-33-14-17)20(11-18(22)13-27-30)28-23(31)21-15-34-24(29-21)16-3-7-26-8-4-16/h3-5,7-8,10-15,32H,6,9H2,1-2H3,(H,28,31). The van der Waals surface area contributed by atoms with Gasteiger partial charge in [0, 0.05) is 46.5 Å². The van der Waals surface area contributed by atoms with E-state index in [-0.39, 0.29) is 5.91 Å². The molecule has 0 aliphatic carbocycles. The van der Waals surface area contributed by atoms with Gasteiger partial charge in [0.1, 0.15) is 10.7 Å². The molecule has 0 saturated carbocycles. The highest BCUT2D eigenvalue weighted by molar-refractivity contribution is 7.13. The molecule has 1 aromatic carbocycles. The third kappa shape index (κ3) is 4.77. The highest BCUT2D eigenvalue weighted by Crippen LogP contribution is 2.34. The van der Waals surface area contributed by atoms with Gasteiger partial charge in [-0.1, -0.05) is 0 Å². The van der Waals surface area contributed by atoms with E-state index in [0.29, 0.717) is 24.3 Å². The van der Waals surface area contributed by atoms with Crippen LogP contribution in [0.3, 0.4) is 0 Å². The summed E-state index contributed by atoms with van der Waals surface area (Å²) in [4.78, 5) is 21.7. The Balaban J connectivity index is 1.47. The first-order chi connectivity index (χ1) is 16.4. The Morgan fingerprint density at radius 2 is 1.97 bits per heavy atom. The highest BCUT2D eigenvalue weighted by atomic mass is 32.1. The van der Waals surface area contributed by atoms with Gasteiger partial charge >= 0.3 is 0 Å². The number of amides is 1. The molecule has 0 fully saturated rings. The van der Waals surface area contributed by atoms with Crippen LogP contribution in [-0.2, 0) is 6.54 Å². The minimum absolute atomic E-state index is 0.262. The zero-order valence-corrected chi connectivity index (χ0v) is 20.4. The lowest BCUT2D eigenvalue weighted by molar-refractivity contribution is 0.0655. The highest BCUT2D eigenvalue weighted by Gasteiger charge is 2.18. The number of fused-ring (bicyclic) bond motifs is 1. The van der Waals surface area contributed by atoms with Gasteiger partial charge < -0.3 is 10.4 Å². The van der Waals surface area contributed by atoms with Gasteiger partial charge in [-0.3, -0.25) is 14.5 Å². The van der Waals surface area contributed by atoms with Crippen LogP contribution < -0.4 is 5.32 Å². The third-order valence-electron chi connectivity index (χ3n) is 5.46. The number of anilines is 1. The fourth-order valence-corrected chi connectivity index (χ4v) is 5.10. The molecule has 34 heavy (non-hydrogen) atoms. The van der Waals surface area contributed by atoms with E-state index in [9.17, 15) is 9.90 Å². The number of aromatic nitrogens is 4. The number of rotatable bonds is 7. The largest absolute Gasteiger partial charge is 0.390 e. The predicted molar refractivity (Wildman–Crippen MR) is 137 cm³/mol. The normalized spacial score (nSPS) is 11.7. The summed E-state index contributed by atoms with van der Waals surface area (Å²) in [6.07, 6.45) is 5.79. The zero-order valence-electron chi connectivity index (χ0n) is 18.7. The van der Waals surface area contributed by atoms with Crippen LogP contribution in [0.4, 0.5) is 5.69 Å². The Kier molecular flexibility index (Phi) is 5.99. The number of aryl methyl sites for hydroxylation is 1. The summed E-state index contributed by atoms with van der Waals surface area (Å²) in [5.41, 5.74) is 4.12. The van der Waals surface area contributed by atoms with Gasteiger partial charge in [-0.15, -0.1) is 11.3 Å². The monoisotopic (exact) mass is 489 g/mol. The summed E-state index contributed by atoms with van der Waals surface area (Å²) < 4.78 is 1.90. The molecule has 0 saturated heterocycles. The molecule has 0 radical (unpaired) electrons. The zero-order chi connectivity index (χ0) is 23.7. The molecule has 0 atom stereocenters. The molecule has 0 aliphatic heterocycles. The van der Waals surface area contributed by atoms with Gasteiger partial charge in [-0.2, -0.15) is 16.4 Å². The van der Waals surface area contributed by atoms with Crippen LogP contribution in [-0.4, -0.2) is 36.4 Å². The Hall–Kier alpha value is -3.40. The van der Waals surface area contributed by atoms with Crippen LogP contribution in [0.15, 0.2) is 65.1 Å². The number of thiophene rings is 1. The van der Waals surface area contributed by atoms with E-state index in [2.05, 4.69) is 25.8 Å². The lowest BCUT2D eigenvalue weighted by atomic mass is 10.0. The smallest absolute Gasteiger partial charge is 0.275 e. The minimum Gasteiger partial charge on any atom is -0.390 e. The molecular formula is C25H23N5O2S2. The second-order valence-electron chi connectivity index (χ2n) is 8.63. The molecule has 172 valence electrons. The topological polar surface area (TPSA) is 92.9 Å². The fraction of sp³-hybridized carbons (Fsp3) is 0.200. The second kappa shape index (κ2) is 9.09. The number of thiazole rings is 1. The molecule has 5 aromatic rings. The Bertz CT molecular complexity index is 1430. The second-order valence-corrected chi connectivity index (χ2v) is 10.3. The summed E-state index contributed by atoms with van der Waals surface area (Å²) in [6.45, 7) is 4.18. The van der Waals surface area contributed by atoms with Crippen molar-refractivity contribution in [2.45, 2.75) is 32.4 Å². The maximum absolute atomic E-state index is 13.1. The van der Waals surface area contributed by atoms with Crippen molar-refractivity contribution < 1.29 is 9.90 Å². The van der Waals surface area contributed by atoms with Gasteiger partial charge in [0.15, 0.2) is 0 Å².